The minimum atomic E-state index is 0.781. The maximum absolute atomic E-state index is 2.41. The first-order valence-electron chi connectivity index (χ1n) is 8.33. The van der Waals surface area contributed by atoms with Crippen molar-refractivity contribution in [2.24, 2.45) is 5.92 Å². The summed E-state index contributed by atoms with van der Waals surface area (Å²) in [6.07, 6.45) is 12.7. The first-order valence-corrected chi connectivity index (χ1v) is 8.33. The van der Waals surface area contributed by atoms with Gasteiger partial charge in [-0.25, -0.2) is 0 Å². The maximum Gasteiger partial charge on any atom is -0.00943 e. The molecule has 2 aliphatic carbocycles. The lowest BCUT2D eigenvalue weighted by molar-refractivity contribution is 0.401. The first kappa shape index (κ1) is 13.2. The van der Waals surface area contributed by atoms with Crippen molar-refractivity contribution in [2.45, 2.75) is 70.6 Å². The van der Waals surface area contributed by atoms with Crippen LogP contribution in [0.25, 0.3) is 0 Å². The molecule has 1 aromatic carbocycles. The quantitative estimate of drug-likeness (QED) is 0.638. The maximum atomic E-state index is 2.41. The van der Waals surface area contributed by atoms with Crippen molar-refractivity contribution in [3.8, 4) is 0 Å². The lowest BCUT2D eigenvalue weighted by atomic mass is 9.72. The van der Waals surface area contributed by atoms with Crippen molar-refractivity contribution in [2.75, 3.05) is 0 Å². The molecule has 19 heavy (non-hydrogen) atoms. The summed E-state index contributed by atoms with van der Waals surface area (Å²) in [6, 6.07) is 9.21. The Morgan fingerprint density at radius 1 is 0.947 bits per heavy atom. The molecule has 103 valence electrons. The Kier molecular flexibility index (Phi) is 4.25. The molecule has 3 rings (SSSR count). The monoisotopic (exact) mass is 255 g/mol. The number of rotatable bonds is 2. The van der Waals surface area contributed by atoms with Crippen molar-refractivity contribution in [3.63, 3.8) is 0 Å². The Bertz CT molecular complexity index is 406. The van der Waals surface area contributed by atoms with Crippen molar-refractivity contribution in [1.82, 2.24) is 0 Å². The Morgan fingerprint density at radius 2 is 1.74 bits per heavy atom. The highest BCUT2D eigenvalue weighted by Gasteiger charge is 2.35. The van der Waals surface area contributed by atoms with Gasteiger partial charge < -0.3 is 0 Å². The molecule has 0 heterocycles. The van der Waals surface area contributed by atoms with Gasteiger partial charge >= 0.3 is 0 Å². The number of fused-ring (bicyclic) bond motifs is 1. The molecule has 0 nitrogen and oxygen atoms in total. The van der Waals surface area contributed by atoms with Gasteiger partial charge in [0.25, 0.3) is 0 Å². The fraction of sp³-hybridized carbons (Fsp3) is 0.632. The molecule has 0 N–H and O–H groups in total. The number of hydrogen-bond donors (Lipinski definition) is 0. The van der Waals surface area contributed by atoms with Crippen LogP contribution in [0.2, 0.25) is 0 Å². The molecule has 0 aliphatic heterocycles. The molecule has 0 amide bonds. The third-order valence-electron chi connectivity index (χ3n) is 5.35. The largest absolute Gasteiger partial charge is 0.0620 e. The zero-order chi connectivity index (χ0) is 13.1. The lowest BCUT2D eigenvalue weighted by Gasteiger charge is -2.32. The zero-order valence-electron chi connectivity index (χ0n) is 12.3. The lowest BCUT2D eigenvalue weighted by Crippen LogP contribution is -2.19. The van der Waals surface area contributed by atoms with Crippen LogP contribution in [-0.2, 0) is 6.42 Å². The molecule has 0 spiro atoms. The van der Waals surface area contributed by atoms with Gasteiger partial charge in [0, 0.05) is 0 Å². The molecule has 0 aromatic heterocycles. The van der Waals surface area contributed by atoms with E-state index in [-0.39, 0.29) is 0 Å². The molecular weight excluding hydrogens is 228 g/mol. The van der Waals surface area contributed by atoms with Crippen LogP contribution in [0, 0.1) is 11.8 Å². The summed E-state index contributed by atoms with van der Waals surface area (Å²) in [6.45, 7) is 2.30. The van der Waals surface area contributed by atoms with Gasteiger partial charge in [-0.2, -0.15) is 0 Å². The molecule has 2 unspecified atom stereocenters. The average molecular weight is 255 g/mol. The van der Waals surface area contributed by atoms with Gasteiger partial charge in [0.05, 0.1) is 0 Å². The zero-order valence-corrected chi connectivity index (χ0v) is 12.3. The van der Waals surface area contributed by atoms with E-state index in [2.05, 4.69) is 31.2 Å². The Balaban J connectivity index is 1.90. The summed E-state index contributed by atoms with van der Waals surface area (Å²) in [7, 11) is 0. The van der Waals surface area contributed by atoms with E-state index in [1.54, 1.807) is 11.1 Å². The topological polar surface area (TPSA) is 0 Å². The smallest absolute Gasteiger partial charge is 0.00943 e. The van der Waals surface area contributed by atoms with E-state index in [4.69, 9.17) is 0 Å². The van der Waals surface area contributed by atoms with Crippen LogP contribution in [-0.4, -0.2) is 0 Å². The van der Waals surface area contributed by atoms with Crippen molar-refractivity contribution in [3.05, 3.63) is 41.3 Å². The first-order chi connectivity index (χ1) is 9.40. The van der Waals surface area contributed by atoms with E-state index in [0.29, 0.717) is 0 Å². The molecule has 1 aromatic rings. The van der Waals surface area contributed by atoms with Gasteiger partial charge in [0.2, 0.25) is 0 Å². The third-order valence-corrected chi connectivity index (χ3v) is 5.35. The minimum absolute atomic E-state index is 0.781. The van der Waals surface area contributed by atoms with Gasteiger partial charge in [-0.15, -0.1) is 0 Å². The number of aryl methyl sites for hydroxylation is 1. The van der Waals surface area contributed by atoms with Crippen LogP contribution in [0.1, 0.15) is 75.3 Å². The van der Waals surface area contributed by atoms with Crippen molar-refractivity contribution < 1.29 is 0 Å². The summed E-state index contributed by atoms with van der Waals surface area (Å²) in [5.74, 6) is 3.65. The number of benzene rings is 1. The Labute approximate surface area is 118 Å². The average Bonchev–Trinajstić information content (AvgIpc) is 2.87. The molecule has 1 radical (unpaired) electrons. The van der Waals surface area contributed by atoms with Gasteiger partial charge in [-0.05, 0) is 61.0 Å². The highest BCUT2D eigenvalue weighted by molar-refractivity contribution is 5.35. The fourth-order valence-corrected chi connectivity index (χ4v) is 4.38. The third kappa shape index (κ3) is 2.73. The summed E-state index contributed by atoms with van der Waals surface area (Å²) in [5.41, 5.74) is 3.25. The van der Waals surface area contributed by atoms with Crippen LogP contribution < -0.4 is 0 Å². The van der Waals surface area contributed by atoms with Gasteiger partial charge in [-0.3, -0.25) is 0 Å². The molecule has 0 heteroatoms. The van der Waals surface area contributed by atoms with Crippen LogP contribution in [0.15, 0.2) is 24.3 Å². The molecule has 2 aliphatic rings. The molecular formula is C19H27. The predicted octanol–water partition coefficient (Wildman–Crippen LogP) is 5.67. The van der Waals surface area contributed by atoms with Crippen molar-refractivity contribution >= 4 is 0 Å². The van der Waals surface area contributed by atoms with E-state index in [0.717, 1.165) is 11.8 Å². The SMILES string of the molecule is CCc1ccccc1C1CCCCCC2CCC[C]21. The summed E-state index contributed by atoms with van der Waals surface area (Å²) >= 11 is 0. The molecule has 2 fully saturated rings. The van der Waals surface area contributed by atoms with Crippen LogP contribution in [0.4, 0.5) is 0 Å². The second-order valence-electron chi connectivity index (χ2n) is 6.41. The van der Waals surface area contributed by atoms with Gasteiger partial charge in [-0.1, -0.05) is 56.9 Å². The molecule has 0 saturated heterocycles. The summed E-state index contributed by atoms with van der Waals surface area (Å²) in [5, 5.41) is 0. The Hall–Kier alpha value is -0.780. The standard InChI is InChI=1S/C19H27/c1-2-15-9-6-7-12-17(15)19-13-5-3-4-10-16-11-8-14-18(16)19/h6-7,9,12,16,19H,2-5,8,10-11,13-14H2,1H3. The second-order valence-corrected chi connectivity index (χ2v) is 6.41. The highest BCUT2D eigenvalue weighted by atomic mass is 14.4. The number of hydrogen-bond acceptors (Lipinski definition) is 0. The van der Waals surface area contributed by atoms with Crippen molar-refractivity contribution in [1.29, 1.82) is 0 Å². The van der Waals surface area contributed by atoms with Crippen LogP contribution in [0.5, 0.6) is 0 Å². The van der Waals surface area contributed by atoms with E-state index in [9.17, 15) is 0 Å². The second kappa shape index (κ2) is 6.11. The normalized spacial score (nSPS) is 28.7. The predicted molar refractivity (Wildman–Crippen MR) is 82.2 cm³/mol. The van der Waals surface area contributed by atoms with Gasteiger partial charge in [0.15, 0.2) is 0 Å². The Morgan fingerprint density at radius 3 is 2.63 bits per heavy atom. The van der Waals surface area contributed by atoms with Gasteiger partial charge in [0.1, 0.15) is 0 Å². The summed E-state index contributed by atoms with van der Waals surface area (Å²) in [4.78, 5) is 0. The molecule has 0 bridgehead atoms. The van der Waals surface area contributed by atoms with E-state index in [1.807, 2.05) is 5.92 Å². The fourth-order valence-electron chi connectivity index (χ4n) is 4.38. The van der Waals surface area contributed by atoms with E-state index < -0.39 is 0 Å². The molecule has 2 saturated carbocycles. The van der Waals surface area contributed by atoms with E-state index in [1.165, 1.54) is 57.8 Å². The minimum Gasteiger partial charge on any atom is -0.0620 e. The summed E-state index contributed by atoms with van der Waals surface area (Å²) < 4.78 is 0. The van der Waals surface area contributed by atoms with E-state index >= 15 is 0 Å². The van der Waals surface area contributed by atoms with Crippen LogP contribution in [0.3, 0.4) is 0 Å². The molecule has 2 atom stereocenters. The highest BCUT2D eigenvalue weighted by Crippen LogP contribution is 2.49. The van der Waals surface area contributed by atoms with Crippen LogP contribution >= 0.6 is 0 Å².